The van der Waals surface area contributed by atoms with Crippen molar-refractivity contribution in [1.82, 2.24) is 0 Å². The van der Waals surface area contributed by atoms with Gasteiger partial charge < -0.3 is 9.47 Å². The SMILES string of the molecule is COc1c(Br)ccc(OCc2ccccc2)c1F. The van der Waals surface area contributed by atoms with Crippen LogP contribution in [0.1, 0.15) is 5.56 Å². The summed E-state index contributed by atoms with van der Waals surface area (Å²) in [6.07, 6.45) is 0. The average Bonchev–Trinajstić information content (AvgIpc) is 2.40. The fraction of sp³-hybridized carbons (Fsp3) is 0.143. The summed E-state index contributed by atoms with van der Waals surface area (Å²) < 4.78 is 24.9. The van der Waals surface area contributed by atoms with Crippen LogP contribution in [0.2, 0.25) is 0 Å². The van der Waals surface area contributed by atoms with E-state index in [1.165, 1.54) is 7.11 Å². The maximum atomic E-state index is 14.0. The zero-order chi connectivity index (χ0) is 13.0. The average molecular weight is 311 g/mol. The van der Waals surface area contributed by atoms with E-state index in [4.69, 9.17) is 9.47 Å². The van der Waals surface area contributed by atoms with E-state index >= 15 is 0 Å². The van der Waals surface area contributed by atoms with Gasteiger partial charge in [-0.05, 0) is 33.6 Å². The van der Waals surface area contributed by atoms with Gasteiger partial charge in [0.25, 0.3) is 0 Å². The van der Waals surface area contributed by atoms with Gasteiger partial charge in [-0.1, -0.05) is 30.3 Å². The van der Waals surface area contributed by atoms with Gasteiger partial charge in [0.15, 0.2) is 11.5 Å². The molecule has 94 valence electrons. The Morgan fingerprint density at radius 3 is 2.50 bits per heavy atom. The molecular weight excluding hydrogens is 299 g/mol. The van der Waals surface area contributed by atoms with Gasteiger partial charge in [0.1, 0.15) is 6.61 Å². The van der Waals surface area contributed by atoms with Gasteiger partial charge in [-0.2, -0.15) is 4.39 Å². The highest BCUT2D eigenvalue weighted by Gasteiger charge is 2.13. The number of benzene rings is 2. The van der Waals surface area contributed by atoms with Gasteiger partial charge in [0.2, 0.25) is 5.82 Å². The minimum Gasteiger partial charge on any atom is -0.492 e. The molecule has 2 rings (SSSR count). The Bertz CT molecular complexity index is 529. The smallest absolute Gasteiger partial charge is 0.207 e. The first-order valence-electron chi connectivity index (χ1n) is 5.41. The second-order valence-electron chi connectivity index (χ2n) is 3.67. The maximum absolute atomic E-state index is 14.0. The van der Waals surface area contributed by atoms with Crippen LogP contribution in [0.5, 0.6) is 11.5 Å². The molecule has 0 radical (unpaired) electrons. The largest absolute Gasteiger partial charge is 0.492 e. The summed E-state index contributed by atoms with van der Waals surface area (Å²) in [7, 11) is 1.42. The summed E-state index contributed by atoms with van der Waals surface area (Å²) in [6, 6.07) is 12.9. The molecule has 0 aromatic heterocycles. The Labute approximate surface area is 113 Å². The molecule has 0 spiro atoms. The van der Waals surface area contributed by atoms with Crippen LogP contribution in [0.25, 0.3) is 0 Å². The van der Waals surface area contributed by atoms with Crippen LogP contribution in [0.15, 0.2) is 46.9 Å². The van der Waals surface area contributed by atoms with Gasteiger partial charge in [-0.15, -0.1) is 0 Å². The van der Waals surface area contributed by atoms with E-state index in [1.54, 1.807) is 12.1 Å². The third-order valence-electron chi connectivity index (χ3n) is 2.45. The first kappa shape index (κ1) is 12.9. The standard InChI is InChI=1S/C14H12BrFO2/c1-17-14-11(15)7-8-12(13(14)16)18-9-10-5-3-2-4-6-10/h2-8H,9H2,1H3. The summed E-state index contributed by atoms with van der Waals surface area (Å²) in [5, 5.41) is 0. The molecule has 18 heavy (non-hydrogen) atoms. The molecule has 2 aromatic carbocycles. The van der Waals surface area contributed by atoms with Crippen LogP contribution in [-0.4, -0.2) is 7.11 Å². The molecule has 0 amide bonds. The molecule has 0 heterocycles. The molecule has 4 heteroatoms. The van der Waals surface area contributed by atoms with Gasteiger partial charge >= 0.3 is 0 Å². The van der Waals surface area contributed by atoms with E-state index < -0.39 is 5.82 Å². The first-order chi connectivity index (χ1) is 8.72. The molecule has 0 atom stereocenters. The van der Waals surface area contributed by atoms with Gasteiger partial charge in [-0.3, -0.25) is 0 Å². The second-order valence-corrected chi connectivity index (χ2v) is 4.52. The molecule has 0 aliphatic heterocycles. The minimum absolute atomic E-state index is 0.153. The number of hydrogen-bond acceptors (Lipinski definition) is 2. The van der Waals surface area contributed by atoms with E-state index in [0.29, 0.717) is 11.1 Å². The molecule has 0 fully saturated rings. The van der Waals surface area contributed by atoms with Crippen molar-refractivity contribution in [2.24, 2.45) is 0 Å². The Morgan fingerprint density at radius 2 is 1.83 bits per heavy atom. The fourth-order valence-electron chi connectivity index (χ4n) is 1.55. The van der Waals surface area contributed by atoms with Crippen LogP contribution >= 0.6 is 15.9 Å². The first-order valence-corrected chi connectivity index (χ1v) is 6.20. The van der Waals surface area contributed by atoms with Crippen molar-refractivity contribution < 1.29 is 13.9 Å². The number of halogens is 2. The summed E-state index contributed by atoms with van der Waals surface area (Å²) >= 11 is 3.22. The number of rotatable bonds is 4. The topological polar surface area (TPSA) is 18.5 Å². The number of ether oxygens (including phenoxy) is 2. The molecule has 0 unspecified atom stereocenters. The number of hydrogen-bond donors (Lipinski definition) is 0. The van der Waals surface area contributed by atoms with Crippen molar-refractivity contribution in [2.75, 3.05) is 7.11 Å². The van der Waals surface area contributed by atoms with Crippen molar-refractivity contribution in [3.05, 3.63) is 58.3 Å². The van der Waals surface area contributed by atoms with Gasteiger partial charge in [-0.25, -0.2) is 0 Å². The van der Waals surface area contributed by atoms with Crippen molar-refractivity contribution in [1.29, 1.82) is 0 Å². The zero-order valence-electron chi connectivity index (χ0n) is 9.82. The van der Waals surface area contributed by atoms with Crippen LogP contribution in [0.4, 0.5) is 4.39 Å². The van der Waals surface area contributed by atoms with E-state index in [2.05, 4.69) is 15.9 Å². The van der Waals surface area contributed by atoms with Gasteiger partial charge in [0, 0.05) is 0 Å². The second kappa shape index (κ2) is 5.87. The lowest BCUT2D eigenvalue weighted by Gasteiger charge is -2.11. The van der Waals surface area contributed by atoms with E-state index in [-0.39, 0.29) is 11.5 Å². The van der Waals surface area contributed by atoms with Gasteiger partial charge in [0.05, 0.1) is 11.6 Å². The summed E-state index contributed by atoms with van der Waals surface area (Å²) in [4.78, 5) is 0. The van der Waals surface area contributed by atoms with Crippen LogP contribution in [-0.2, 0) is 6.61 Å². The van der Waals surface area contributed by atoms with Crippen molar-refractivity contribution in [2.45, 2.75) is 6.61 Å². The van der Waals surface area contributed by atoms with E-state index in [0.717, 1.165) is 5.56 Å². The molecule has 2 aromatic rings. The molecule has 0 aliphatic carbocycles. The highest BCUT2D eigenvalue weighted by molar-refractivity contribution is 9.10. The molecule has 0 N–H and O–H groups in total. The molecule has 0 saturated carbocycles. The third kappa shape index (κ3) is 2.82. The lowest BCUT2D eigenvalue weighted by molar-refractivity contribution is 0.282. The maximum Gasteiger partial charge on any atom is 0.207 e. The van der Waals surface area contributed by atoms with Crippen molar-refractivity contribution in [3.8, 4) is 11.5 Å². The van der Waals surface area contributed by atoms with E-state index in [9.17, 15) is 4.39 Å². The minimum atomic E-state index is -0.497. The predicted molar refractivity (Wildman–Crippen MR) is 71.4 cm³/mol. The van der Waals surface area contributed by atoms with Crippen LogP contribution in [0, 0.1) is 5.82 Å². The zero-order valence-corrected chi connectivity index (χ0v) is 11.4. The lowest BCUT2D eigenvalue weighted by Crippen LogP contribution is -1.99. The van der Waals surface area contributed by atoms with Crippen LogP contribution in [0.3, 0.4) is 0 Å². The Kier molecular flexibility index (Phi) is 4.20. The summed E-state index contributed by atoms with van der Waals surface area (Å²) in [6.45, 7) is 0.322. The fourth-order valence-corrected chi connectivity index (χ4v) is 2.02. The Morgan fingerprint density at radius 1 is 1.11 bits per heavy atom. The Hall–Kier alpha value is -1.55. The normalized spacial score (nSPS) is 10.2. The highest BCUT2D eigenvalue weighted by Crippen LogP contribution is 2.34. The molecule has 0 bridgehead atoms. The molecular formula is C14H12BrFO2. The van der Waals surface area contributed by atoms with Crippen LogP contribution < -0.4 is 9.47 Å². The highest BCUT2D eigenvalue weighted by atomic mass is 79.9. The summed E-state index contributed by atoms with van der Waals surface area (Å²) in [5.74, 6) is -0.165. The monoisotopic (exact) mass is 310 g/mol. The molecule has 2 nitrogen and oxygen atoms in total. The van der Waals surface area contributed by atoms with Crippen molar-refractivity contribution in [3.63, 3.8) is 0 Å². The lowest BCUT2D eigenvalue weighted by atomic mass is 10.2. The Balaban J connectivity index is 2.15. The third-order valence-corrected chi connectivity index (χ3v) is 3.08. The number of methoxy groups -OCH3 is 1. The summed E-state index contributed by atoms with van der Waals surface area (Å²) in [5.41, 5.74) is 0.985. The molecule has 0 saturated heterocycles. The molecule has 0 aliphatic rings. The quantitative estimate of drug-likeness (QED) is 0.843. The van der Waals surface area contributed by atoms with Crippen molar-refractivity contribution >= 4 is 15.9 Å². The van der Waals surface area contributed by atoms with E-state index in [1.807, 2.05) is 30.3 Å². The predicted octanol–water partition coefficient (Wildman–Crippen LogP) is 4.18.